The number of hydrogen-bond donors (Lipinski definition) is 1. The molecule has 0 bridgehead atoms. The Morgan fingerprint density at radius 1 is 1.17 bits per heavy atom. The standard InChI is InChI=1S/C27H30ClF3N4O/c1-4-35-17-20(16-32-35)18-9-7-10-19(15-18)24(26(34(2)3)13-5-6-14-26)33-25(36)21-11-8-12-22(23(21)28)27(29,30)31/h7-12,15-17,24H,4-6,13-14H2,1-3H3,(H,33,36)/t24-/m1/s1. The maximum atomic E-state index is 13.5. The second-order valence-electron chi connectivity index (χ2n) is 9.49. The summed E-state index contributed by atoms with van der Waals surface area (Å²) in [6.45, 7) is 2.76. The first kappa shape index (κ1) is 26.2. The highest BCUT2D eigenvalue weighted by Crippen LogP contribution is 2.44. The third kappa shape index (κ3) is 5.02. The second kappa shape index (κ2) is 10.3. The van der Waals surface area contributed by atoms with Crippen LogP contribution in [0.5, 0.6) is 0 Å². The molecule has 36 heavy (non-hydrogen) atoms. The Kier molecular flexibility index (Phi) is 7.48. The third-order valence-electron chi connectivity index (χ3n) is 7.23. The molecule has 0 unspecified atom stereocenters. The predicted molar refractivity (Wildman–Crippen MR) is 135 cm³/mol. The van der Waals surface area contributed by atoms with Crippen LogP contribution in [0.15, 0.2) is 54.9 Å². The zero-order chi connectivity index (χ0) is 26.1. The fourth-order valence-electron chi connectivity index (χ4n) is 5.23. The molecule has 4 rings (SSSR count). The Hall–Kier alpha value is -2.84. The van der Waals surface area contributed by atoms with Crippen molar-refractivity contribution in [1.29, 1.82) is 0 Å². The number of alkyl halides is 3. The molecule has 0 aliphatic heterocycles. The van der Waals surface area contributed by atoms with E-state index in [2.05, 4.69) is 15.3 Å². The number of amides is 1. The van der Waals surface area contributed by atoms with Gasteiger partial charge in [-0.2, -0.15) is 18.3 Å². The molecule has 2 aromatic carbocycles. The van der Waals surface area contributed by atoms with Crippen LogP contribution >= 0.6 is 11.6 Å². The van der Waals surface area contributed by atoms with Gasteiger partial charge in [0.2, 0.25) is 0 Å². The normalized spacial score (nSPS) is 16.3. The minimum Gasteiger partial charge on any atom is -0.343 e. The Morgan fingerprint density at radius 3 is 2.47 bits per heavy atom. The van der Waals surface area contributed by atoms with E-state index in [9.17, 15) is 18.0 Å². The quantitative estimate of drug-likeness (QED) is 0.384. The van der Waals surface area contributed by atoms with E-state index in [1.807, 2.05) is 56.2 Å². The van der Waals surface area contributed by atoms with Crippen molar-refractivity contribution in [3.8, 4) is 11.1 Å². The summed E-state index contributed by atoms with van der Waals surface area (Å²) in [4.78, 5) is 15.6. The zero-order valence-electron chi connectivity index (χ0n) is 20.6. The van der Waals surface area contributed by atoms with E-state index in [-0.39, 0.29) is 5.56 Å². The summed E-state index contributed by atoms with van der Waals surface area (Å²) < 4.78 is 42.1. The maximum Gasteiger partial charge on any atom is 0.417 e. The number of hydrogen-bond acceptors (Lipinski definition) is 3. The molecule has 1 atom stereocenters. The predicted octanol–water partition coefficient (Wildman–Crippen LogP) is 6.59. The van der Waals surface area contributed by atoms with Crippen LogP contribution < -0.4 is 5.32 Å². The first-order valence-electron chi connectivity index (χ1n) is 12.0. The van der Waals surface area contributed by atoms with Crippen molar-refractivity contribution in [2.75, 3.05) is 14.1 Å². The minimum absolute atomic E-state index is 0.191. The van der Waals surface area contributed by atoms with Gasteiger partial charge in [-0.1, -0.05) is 48.7 Å². The lowest BCUT2D eigenvalue weighted by Gasteiger charge is -2.44. The number of carbonyl (C=O) groups excluding carboxylic acids is 1. The Balaban J connectivity index is 1.76. The average molecular weight is 519 g/mol. The Morgan fingerprint density at radius 2 is 1.86 bits per heavy atom. The van der Waals surface area contributed by atoms with E-state index >= 15 is 0 Å². The van der Waals surface area contributed by atoms with Crippen molar-refractivity contribution in [1.82, 2.24) is 20.0 Å². The number of aryl methyl sites for hydroxylation is 1. The molecule has 1 amide bonds. The molecule has 0 saturated heterocycles. The highest BCUT2D eigenvalue weighted by Gasteiger charge is 2.45. The summed E-state index contributed by atoms with van der Waals surface area (Å²) in [6.07, 6.45) is 2.80. The lowest BCUT2D eigenvalue weighted by Crippen LogP contribution is -2.53. The molecule has 0 spiro atoms. The molecule has 5 nitrogen and oxygen atoms in total. The molecular formula is C27H30ClF3N4O. The van der Waals surface area contributed by atoms with E-state index in [1.54, 1.807) is 6.20 Å². The van der Waals surface area contributed by atoms with Crippen molar-refractivity contribution in [2.45, 2.75) is 56.9 Å². The van der Waals surface area contributed by atoms with E-state index in [0.717, 1.165) is 55.0 Å². The number of likely N-dealkylation sites (N-methyl/N-ethyl adjacent to an activating group) is 1. The fraction of sp³-hybridized carbons (Fsp3) is 0.407. The highest BCUT2D eigenvalue weighted by molar-refractivity contribution is 6.34. The van der Waals surface area contributed by atoms with Gasteiger partial charge in [0.05, 0.1) is 28.4 Å². The molecule has 0 radical (unpaired) electrons. The van der Waals surface area contributed by atoms with Gasteiger partial charge in [-0.25, -0.2) is 0 Å². The van der Waals surface area contributed by atoms with Crippen molar-refractivity contribution < 1.29 is 18.0 Å². The molecule has 9 heteroatoms. The van der Waals surface area contributed by atoms with Crippen LogP contribution in [0.4, 0.5) is 13.2 Å². The van der Waals surface area contributed by atoms with Crippen molar-refractivity contribution in [3.63, 3.8) is 0 Å². The molecule has 1 aromatic heterocycles. The molecule has 1 heterocycles. The van der Waals surface area contributed by atoms with Gasteiger partial charge in [-0.3, -0.25) is 9.48 Å². The lowest BCUT2D eigenvalue weighted by molar-refractivity contribution is -0.137. The van der Waals surface area contributed by atoms with Gasteiger partial charge in [0, 0.05) is 23.8 Å². The topological polar surface area (TPSA) is 50.2 Å². The molecular weight excluding hydrogens is 489 g/mol. The van der Waals surface area contributed by atoms with Gasteiger partial charge in [-0.15, -0.1) is 0 Å². The van der Waals surface area contributed by atoms with Crippen LogP contribution in [0.25, 0.3) is 11.1 Å². The van der Waals surface area contributed by atoms with Gasteiger partial charge < -0.3 is 10.2 Å². The maximum absolute atomic E-state index is 13.5. The second-order valence-corrected chi connectivity index (χ2v) is 9.86. The van der Waals surface area contributed by atoms with Crippen molar-refractivity contribution >= 4 is 17.5 Å². The summed E-state index contributed by atoms with van der Waals surface area (Å²) in [5, 5.41) is 6.85. The summed E-state index contributed by atoms with van der Waals surface area (Å²) in [5.74, 6) is -0.631. The largest absolute Gasteiger partial charge is 0.417 e. The minimum atomic E-state index is -4.65. The summed E-state index contributed by atoms with van der Waals surface area (Å²) in [6, 6.07) is 10.9. The van der Waals surface area contributed by atoms with Crippen LogP contribution in [-0.4, -0.2) is 40.2 Å². The lowest BCUT2D eigenvalue weighted by atomic mass is 9.81. The molecule has 3 aromatic rings. The number of nitrogens with zero attached hydrogens (tertiary/aromatic N) is 3. The third-order valence-corrected chi connectivity index (χ3v) is 7.64. The van der Waals surface area contributed by atoms with E-state index < -0.39 is 34.3 Å². The summed E-state index contributed by atoms with van der Waals surface area (Å²) in [5.41, 5.74) is 1.18. The molecule has 1 N–H and O–H groups in total. The SMILES string of the molecule is CCn1cc(-c2cccc([C@@H](NC(=O)c3cccc(C(F)(F)F)c3Cl)C3(N(C)C)CCCC3)c2)cn1. The monoisotopic (exact) mass is 518 g/mol. The van der Waals surface area contributed by atoms with E-state index in [1.165, 1.54) is 12.1 Å². The average Bonchev–Trinajstić information content (AvgIpc) is 3.52. The number of halogens is 4. The molecule has 1 aliphatic carbocycles. The number of aromatic nitrogens is 2. The van der Waals surface area contributed by atoms with Gasteiger partial charge >= 0.3 is 6.18 Å². The number of carbonyl (C=O) groups is 1. The molecule has 1 saturated carbocycles. The molecule has 1 aliphatic rings. The number of nitrogens with one attached hydrogen (secondary N) is 1. The Labute approximate surface area is 214 Å². The first-order valence-corrected chi connectivity index (χ1v) is 12.4. The Bertz CT molecular complexity index is 1230. The zero-order valence-corrected chi connectivity index (χ0v) is 21.3. The first-order chi connectivity index (χ1) is 17.1. The molecule has 192 valence electrons. The highest BCUT2D eigenvalue weighted by atomic mass is 35.5. The van der Waals surface area contributed by atoms with Crippen LogP contribution in [-0.2, 0) is 12.7 Å². The molecule has 1 fully saturated rings. The number of benzene rings is 2. The summed E-state index contributed by atoms with van der Waals surface area (Å²) >= 11 is 6.10. The van der Waals surface area contributed by atoms with Crippen LogP contribution in [0.1, 0.15) is 60.1 Å². The van der Waals surface area contributed by atoms with Crippen molar-refractivity contribution in [2.24, 2.45) is 0 Å². The van der Waals surface area contributed by atoms with Gasteiger partial charge in [-0.05, 0) is 63.2 Å². The van der Waals surface area contributed by atoms with Gasteiger partial charge in [0.15, 0.2) is 0 Å². The van der Waals surface area contributed by atoms with Crippen LogP contribution in [0.3, 0.4) is 0 Å². The van der Waals surface area contributed by atoms with Gasteiger partial charge in [0.25, 0.3) is 5.91 Å². The van der Waals surface area contributed by atoms with Crippen LogP contribution in [0.2, 0.25) is 5.02 Å². The van der Waals surface area contributed by atoms with E-state index in [4.69, 9.17) is 11.6 Å². The van der Waals surface area contributed by atoms with Gasteiger partial charge in [0.1, 0.15) is 0 Å². The van der Waals surface area contributed by atoms with Crippen LogP contribution in [0, 0.1) is 0 Å². The smallest absolute Gasteiger partial charge is 0.343 e. The number of rotatable bonds is 7. The van der Waals surface area contributed by atoms with E-state index in [0.29, 0.717) is 0 Å². The fourth-order valence-corrected chi connectivity index (χ4v) is 5.55. The summed E-state index contributed by atoms with van der Waals surface area (Å²) in [7, 11) is 3.97. The van der Waals surface area contributed by atoms with Crippen molar-refractivity contribution in [3.05, 3.63) is 76.6 Å².